The van der Waals surface area contributed by atoms with Crippen LogP contribution in [-0.2, 0) is 11.3 Å². The van der Waals surface area contributed by atoms with Crippen molar-refractivity contribution >= 4 is 36.0 Å². The second-order valence-corrected chi connectivity index (χ2v) is 8.28. The van der Waals surface area contributed by atoms with Gasteiger partial charge in [-0.05, 0) is 32.9 Å². The Balaban J connectivity index is 0.00000341. The lowest BCUT2D eigenvalue weighted by molar-refractivity contribution is 0.0137. The second kappa shape index (κ2) is 10.5. The molecule has 0 saturated carbocycles. The van der Waals surface area contributed by atoms with Gasteiger partial charge >= 0.3 is 6.09 Å². The van der Waals surface area contributed by atoms with E-state index in [1.165, 1.54) is 0 Å². The predicted molar refractivity (Wildman–Crippen MR) is 129 cm³/mol. The van der Waals surface area contributed by atoms with Crippen LogP contribution in [0.15, 0.2) is 17.1 Å². The predicted octanol–water partition coefficient (Wildman–Crippen LogP) is 2.71. The fraction of sp³-hybridized carbons (Fsp3) is 0.619. The maximum atomic E-state index is 12.4. The number of benzene rings is 1. The highest BCUT2D eigenvalue weighted by Gasteiger charge is 2.36. The number of nitrogens with one attached hydrogen (secondary N) is 1. The summed E-state index contributed by atoms with van der Waals surface area (Å²) in [7, 11) is 4.80. The van der Waals surface area contributed by atoms with E-state index in [1.807, 2.05) is 32.9 Å². The lowest BCUT2D eigenvalue weighted by Crippen LogP contribution is -2.57. The molecule has 1 aromatic rings. The molecule has 3 rings (SSSR count). The molecule has 0 aromatic heterocycles. The average Bonchev–Trinajstić information content (AvgIpc) is 3.12. The van der Waals surface area contributed by atoms with Crippen LogP contribution >= 0.6 is 24.0 Å². The Morgan fingerprint density at radius 3 is 2.45 bits per heavy atom. The third-order valence-corrected chi connectivity index (χ3v) is 5.08. The molecule has 0 aliphatic carbocycles. The standard InChI is InChI=1S/C21H32N4O5.HI/c1-21(2,3)30-20(26)24-9-10-25-15(13-24)12-23-19(25)22-11-14-7-8-16(27-4)18(29-6)17(14)28-5;/h7-8,15H,9-13H2,1-6H3,(H,22,23);1H. The Morgan fingerprint density at radius 1 is 1.13 bits per heavy atom. The molecule has 10 heteroatoms. The summed E-state index contributed by atoms with van der Waals surface area (Å²) in [6.45, 7) is 8.72. The number of nitrogens with zero attached hydrogens (tertiary/aromatic N) is 3. The van der Waals surface area contributed by atoms with Gasteiger partial charge in [0.25, 0.3) is 0 Å². The first-order chi connectivity index (χ1) is 14.3. The first-order valence-corrected chi connectivity index (χ1v) is 10.1. The Labute approximate surface area is 201 Å². The quantitative estimate of drug-likeness (QED) is 0.567. The number of hydrogen-bond acceptors (Lipinski definition) is 8. The van der Waals surface area contributed by atoms with Gasteiger partial charge < -0.3 is 34.1 Å². The molecule has 2 aliphatic rings. The van der Waals surface area contributed by atoms with E-state index < -0.39 is 5.60 Å². The number of carbonyl (C=O) groups excluding carboxylic acids is 1. The topological polar surface area (TPSA) is 84.9 Å². The van der Waals surface area contributed by atoms with Gasteiger partial charge in [-0.25, -0.2) is 4.79 Å². The average molecular weight is 548 g/mol. The number of ether oxygens (including phenoxy) is 4. The van der Waals surface area contributed by atoms with E-state index in [9.17, 15) is 4.79 Å². The molecule has 1 N–H and O–H groups in total. The molecule has 9 nitrogen and oxygen atoms in total. The van der Waals surface area contributed by atoms with Crippen molar-refractivity contribution in [3.63, 3.8) is 0 Å². The summed E-state index contributed by atoms with van der Waals surface area (Å²) in [5, 5.41) is 3.41. The number of carbonyl (C=O) groups is 1. The minimum atomic E-state index is -0.494. The molecular weight excluding hydrogens is 515 g/mol. The van der Waals surface area contributed by atoms with Gasteiger partial charge in [-0.15, -0.1) is 24.0 Å². The Hall–Kier alpha value is -2.11. The van der Waals surface area contributed by atoms with Gasteiger partial charge in [0.1, 0.15) is 5.60 Å². The first kappa shape index (κ1) is 25.2. The molecule has 1 saturated heterocycles. The summed E-state index contributed by atoms with van der Waals surface area (Å²) in [5.41, 5.74) is 0.444. The molecule has 0 bridgehead atoms. The van der Waals surface area contributed by atoms with Crippen LogP contribution in [-0.4, -0.2) is 81.0 Å². The summed E-state index contributed by atoms with van der Waals surface area (Å²) >= 11 is 0. The molecule has 0 spiro atoms. The molecule has 1 unspecified atom stereocenters. The van der Waals surface area contributed by atoms with Crippen LogP contribution in [0.2, 0.25) is 0 Å². The summed E-state index contributed by atoms with van der Waals surface area (Å²) in [4.78, 5) is 21.0. The third-order valence-electron chi connectivity index (χ3n) is 5.08. The zero-order valence-electron chi connectivity index (χ0n) is 19.1. The molecule has 2 heterocycles. The molecule has 174 valence electrons. The normalized spacial score (nSPS) is 17.9. The molecule has 2 aliphatic heterocycles. The molecular formula is C21H33IN4O5. The van der Waals surface area contributed by atoms with Gasteiger partial charge in [0.15, 0.2) is 17.5 Å². The molecule has 31 heavy (non-hydrogen) atoms. The van der Waals surface area contributed by atoms with Crippen LogP contribution in [0.1, 0.15) is 26.3 Å². The number of methoxy groups -OCH3 is 3. The van der Waals surface area contributed by atoms with Crippen LogP contribution in [0.25, 0.3) is 0 Å². The van der Waals surface area contributed by atoms with Gasteiger partial charge in [0.05, 0.1) is 33.9 Å². The van der Waals surface area contributed by atoms with Crippen molar-refractivity contribution in [1.82, 2.24) is 15.1 Å². The molecule has 1 fully saturated rings. The molecule has 1 aromatic carbocycles. The van der Waals surface area contributed by atoms with Crippen molar-refractivity contribution in [1.29, 1.82) is 0 Å². The minimum Gasteiger partial charge on any atom is -0.493 e. The summed E-state index contributed by atoms with van der Waals surface area (Å²) in [6.07, 6.45) is -0.265. The summed E-state index contributed by atoms with van der Waals surface area (Å²) < 4.78 is 21.9. The van der Waals surface area contributed by atoms with Crippen LogP contribution in [0, 0.1) is 0 Å². The highest BCUT2D eigenvalue weighted by Crippen LogP contribution is 2.39. The monoisotopic (exact) mass is 548 g/mol. The SMILES string of the molecule is COc1ccc(CNC2=NCC3CN(C(=O)OC(C)(C)C)CCN23)c(OC)c1OC.I. The highest BCUT2D eigenvalue weighted by molar-refractivity contribution is 14.0. The number of halogens is 1. The first-order valence-electron chi connectivity index (χ1n) is 10.1. The van der Waals surface area contributed by atoms with Crippen molar-refractivity contribution in [3.05, 3.63) is 17.7 Å². The fourth-order valence-corrected chi connectivity index (χ4v) is 3.70. The number of amides is 1. The number of piperazine rings is 1. The van der Waals surface area contributed by atoms with E-state index in [0.717, 1.165) is 11.5 Å². The number of hydrogen-bond donors (Lipinski definition) is 1. The van der Waals surface area contributed by atoms with E-state index >= 15 is 0 Å². The number of rotatable bonds is 5. The van der Waals surface area contributed by atoms with Gasteiger partial charge in [0.2, 0.25) is 5.75 Å². The van der Waals surface area contributed by atoms with E-state index in [0.29, 0.717) is 50.0 Å². The maximum absolute atomic E-state index is 12.4. The zero-order valence-corrected chi connectivity index (χ0v) is 21.4. The van der Waals surface area contributed by atoms with Crippen molar-refractivity contribution in [3.8, 4) is 17.2 Å². The Kier molecular flexibility index (Phi) is 8.49. The molecule has 0 radical (unpaired) electrons. The number of guanidine groups is 1. The van der Waals surface area contributed by atoms with Crippen molar-refractivity contribution in [2.45, 2.75) is 39.0 Å². The Morgan fingerprint density at radius 2 is 1.84 bits per heavy atom. The van der Waals surface area contributed by atoms with Crippen LogP contribution in [0.4, 0.5) is 4.79 Å². The summed E-state index contributed by atoms with van der Waals surface area (Å²) in [5.74, 6) is 2.65. The minimum absolute atomic E-state index is 0. The third kappa shape index (κ3) is 5.78. The van der Waals surface area contributed by atoms with Crippen molar-refractivity contribution in [2.24, 2.45) is 4.99 Å². The van der Waals surface area contributed by atoms with Gasteiger partial charge in [-0.1, -0.05) is 0 Å². The second-order valence-electron chi connectivity index (χ2n) is 8.28. The van der Waals surface area contributed by atoms with Gasteiger partial charge in [-0.2, -0.15) is 0 Å². The van der Waals surface area contributed by atoms with Crippen LogP contribution in [0.5, 0.6) is 17.2 Å². The highest BCUT2D eigenvalue weighted by atomic mass is 127. The largest absolute Gasteiger partial charge is 0.493 e. The zero-order chi connectivity index (χ0) is 21.9. The fourth-order valence-electron chi connectivity index (χ4n) is 3.70. The van der Waals surface area contributed by atoms with Crippen LogP contribution < -0.4 is 19.5 Å². The maximum Gasteiger partial charge on any atom is 0.410 e. The van der Waals surface area contributed by atoms with E-state index in [4.69, 9.17) is 18.9 Å². The lowest BCUT2D eigenvalue weighted by atomic mass is 10.1. The smallest absolute Gasteiger partial charge is 0.410 e. The molecule has 1 amide bonds. The van der Waals surface area contributed by atoms with Crippen molar-refractivity contribution < 1.29 is 23.7 Å². The number of fused-ring (bicyclic) bond motifs is 1. The number of aliphatic imine (C=N–C) groups is 1. The summed E-state index contributed by atoms with van der Waals surface area (Å²) in [6, 6.07) is 3.96. The van der Waals surface area contributed by atoms with Gasteiger partial charge in [-0.3, -0.25) is 4.99 Å². The van der Waals surface area contributed by atoms with Crippen LogP contribution in [0.3, 0.4) is 0 Å². The molecule has 1 atom stereocenters. The van der Waals surface area contributed by atoms with E-state index in [1.54, 1.807) is 26.2 Å². The lowest BCUT2D eigenvalue weighted by Gasteiger charge is -2.39. The van der Waals surface area contributed by atoms with E-state index in [2.05, 4.69) is 15.2 Å². The Bertz CT molecular complexity index is 812. The van der Waals surface area contributed by atoms with E-state index in [-0.39, 0.29) is 36.1 Å². The van der Waals surface area contributed by atoms with Gasteiger partial charge in [0, 0.05) is 31.7 Å². The van der Waals surface area contributed by atoms with Crippen molar-refractivity contribution in [2.75, 3.05) is 47.5 Å².